The van der Waals surface area contributed by atoms with E-state index in [-0.39, 0.29) is 37.1 Å². The molecule has 5 aliphatic heterocycles. The Labute approximate surface area is 377 Å². The highest BCUT2D eigenvalue weighted by molar-refractivity contribution is 6.14. The van der Waals surface area contributed by atoms with Gasteiger partial charge in [0.25, 0.3) is 0 Å². The number of ketones is 1. The fourth-order valence-electron chi connectivity index (χ4n) is 11.6. The quantitative estimate of drug-likeness (QED) is 0.125. The van der Waals surface area contributed by atoms with Crippen LogP contribution in [0.4, 0.5) is 5.95 Å². The molecule has 3 saturated carbocycles. The molecule has 1 spiro atoms. The van der Waals surface area contributed by atoms with E-state index in [0.717, 1.165) is 12.0 Å². The average molecular weight is 900 g/mol. The van der Waals surface area contributed by atoms with Gasteiger partial charge >= 0.3 is 0 Å². The number of nitrogens with one attached hydrogen (secondary N) is 1. The van der Waals surface area contributed by atoms with E-state index in [4.69, 9.17) is 28.7 Å². The number of allylic oxidation sites excluding steroid dienone is 4. The number of aromatic nitrogens is 3. The summed E-state index contributed by atoms with van der Waals surface area (Å²) < 4.78 is 36.7. The van der Waals surface area contributed by atoms with E-state index in [9.17, 15) is 30.3 Å². The number of aliphatic hydroxyl groups excluding tert-OH is 5. The molecule has 1 amide bonds. The Morgan fingerprint density at radius 1 is 1.00 bits per heavy atom. The van der Waals surface area contributed by atoms with Gasteiger partial charge in [0.2, 0.25) is 18.1 Å². The number of carbonyl (C=O) groups excluding carboxylic acids is 2. The van der Waals surface area contributed by atoms with Crippen molar-refractivity contribution in [3.8, 4) is 17.2 Å². The molecule has 2 saturated heterocycles. The fourth-order valence-corrected chi connectivity index (χ4v) is 11.6. The van der Waals surface area contributed by atoms with Gasteiger partial charge in [-0.25, -0.2) is 9.67 Å². The average Bonchev–Trinajstić information content (AvgIpc) is 3.79. The normalized spacial score (nSPS) is 35.4. The third-order valence-corrected chi connectivity index (χ3v) is 14.6. The molecule has 1 aromatic carbocycles. The summed E-state index contributed by atoms with van der Waals surface area (Å²) >= 11 is 0. The van der Waals surface area contributed by atoms with Gasteiger partial charge in [0.15, 0.2) is 17.0 Å². The van der Waals surface area contributed by atoms with Gasteiger partial charge in [-0.2, -0.15) is 10.1 Å². The molecule has 6 N–H and O–H groups in total. The zero-order valence-corrected chi connectivity index (χ0v) is 38.2. The Kier molecular flexibility index (Phi) is 11.3. The number of fused-ring (bicyclic) bond motifs is 4. The molecule has 3 aliphatic carbocycles. The molecule has 8 aliphatic rings. The number of Topliss-reactive ketones (excluding diaryl/α,β-unsaturated/α-hetero) is 1. The molecule has 6 heterocycles. The van der Waals surface area contributed by atoms with E-state index < -0.39 is 89.4 Å². The number of nitrogens with zero attached hydrogens (tertiary/aromatic N) is 4. The number of benzene rings is 1. The molecule has 0 radical (unpaired) electrons. The Morgan fingerprint density at radius 3 is 2.46 bits per heavy atom. The van der Waals surface area contributed by atoms with Crippen molar-refractivity contribution >= 4 is 29.4 Å². The SMILES string of the molecule is CC(C)=CCCC1(C)C=Cc2c(c(CC=C(C)C)c3c(c2O[C@H]2O[C@@H](CO)[C@H](O)[C@@H](O)[C@@H]2O)C2=Nc4ncnn4C4C5CC6C(C)(C)OC(CC=C(C)C(=O)NCCO)(C5=O)C6(O3)C24)O1. The van der Waals surface area contributed by atoms with Gasteiger partial charge in [0, 0.05) is 35.9 Å². The molecule has 12 atom stereocenters. The number of carbonyl (C=O) groups is 2. The van der Waals surface area contributed by atoms with Gasteiger partial charge in [0.1, 0.15) is 53.6 Å². The van der Waals surface area contributed by atoms with Crippen molar-refractivity contribution in [2.75, 3.05) is 19.8 Å². The summed E-state index contributed by atoms with van der Waals surface area (Å²) in [5.74, 6) is -1.15. The first-order valence-electron chi connectivity index (χ1n) is 22.7. The maximum atomic E-state index is 15.6. The van der Waals surface area contributed by atoms with E-state index in [2.05, 4.69) is 27.6 Å². The van der Waals surface area contributed by atoms with Gasteiger partial charge < -0.3 is 54.5 Å². The first kappa shape index (κ1) is 45.4. The Morgan fingerprint density at radius 2 is 1.75 bits per heavy atom. The molecule has 17 heteroatoms. The zero-order valence-electron chi connectivity index (χ0n) is 38.2. The van der Waals surface area contributed by atoms with E-state index in [1.807, 2.05) is 60.6 Å². The lowest BCUT2D eigenvalue weighted by Gasteiger charge is -2.64. The van der Waals surface area contributed by atoms with Gasteiger partial charge in [0.05, 0.1) is 47.6 Å². The van der Waals surface area contributed by atoms with Crippen LogP contribution in [-0.2, 0) is 25.5 Å². The largest absolute Gasteiger partial charge is 0.482 e. The Hall–Kier alpha value is -4.75. The smallest absolute Gasteiger partial charge is 0.248 e. The number of rotatable bonds is 13. The van der Waals surface area contributed by atoms with Crippen molar-refractivity contribution < 1.29 is 58.8 Å². The summed E-state index contributed by atoms with van der Waals surface area (Å²) in [4.78, 5) is 38.7. The summed E-state index contributed by atoms with van der Waals surface area (Å²) in [5, 5.41) is 60.2. The van der Waals surface area contributed by atoms with Gasteiger partial charge in [-0.1, -0.05) is 29.4 Å². The molecule has 2 aromatic rings. The van der Waals surface area contributed by atoms with Crippen LogP contribution in [-0.4, -0.2) is 131 Å². The first-order chi connectivity index (χ1) is 30.8. The van der Waals surface area contributed by atoms with E-state index in [1.54, 1.807) is 17.7 Å². The van der Waals surface area contributed by atoms with Crippen LogP contribution >= 0.6 is 0 Å². The van der Waals surface area contributed by atoms with Gasteiger partial charge in [-0.3, -0.25) is 9.59 Å². The minimum absolute atomic E-state index is 0.0131. The third-order valence-electron chi connectivity index (χ3n) is 14.6. The number of aliphatic imine (C=N–C) groups is 1. The third kappa shape index (κ3) is 6.86. The summed E-state index contributed by atoms with van der Waals surface area (Å²) in [5.41, 5.74) is -0.260. The number of aliphatic hydroxyl groups is 5. The number of amides is 1. The first-order valence-corrected chi connectivity index (χ1v) is 22.7. The predicted octanol–water partition coefficient (Wildman–Crippen LogP) is 3.51. The molecule has 17 nitrogen and oxygen atoms in total. The summed E-state index contributed by atoms with van der Waals surface area (Å²) in [7, 11) is 0. The van der Waals surface area contributed by atoms with Crippen LogP contribution in [0.3, 0.4) is 0 Å². The van der Waals surface area contributed by atoms with Gasteiger partial charge in [-0.05, 0) is 93.2 Å². The molecule has 350 valence electrons. The molecule has 65 heavy (non-hydrogen) atoms. The van der Waals surface area contributed by atoms with Crippen LogP contribution in [0, 0.1) is 17.8 Å². The molecule has 7 unspecified atom stereocenters. The molecule has 1 aromatic heterocycles. The molecule has 5 fully saturated rings. The lowest BCUT2D eigenvalue weighted by Crippen LogP contribution is -2.79. The van der Waals surface area contributed by atoms with Crippen molar-refractivity contribution in [1.29, 1.82) is 0 Å². The fraction of sp³-hybridized carbons (Fsp3) is 0.604. The van der Waals surface area contributed by atoms with E-state index >= 15 is 4.79 Å². The topological polar surface area (TPSA) is 237 Å². The molecule has 10 rings (SSSR count). The second kappa shape index (κ2) is 16.2. The van der Waals surface area contributed by atoms with Gasteiger partial charge in [-0.15, -0.1) is 0 Å². The maximum absolute atomic E-state index is 15.6. The van der Waals surface area contributed by atoms with Crippen molar-refractivity contribution in [1.82, 2.24) is 20.1 Å². The van der Waals surface area contributed by atoms with Crippen molar-refractivity contribution in [3.63, 3.8) is 0 Å². The van der Waals surface area contributed by atoms with E-state index in [0.29, 0.717) is 58.7 Å². The summed E-state index contributed by atoms with van der Waals surface area (Å²) in [6, 6.07) is -0.622. The van der Waals surface area contributed by atoms with Crippen molar-refractivity contribution in [2.24, 2.45) is 22.7 Å². The summed E-state index contributed by atoms with van der Waals surface area (Å²) in [6.07, 6.45) is 5.31. The number of ether oxygens (including phenoxy) is 5. The Bertz CT molecular complexity index is 2450. The minimum Gasteiger partial charge on any atom is -0.482 e. The number of hydrogen-bond donors (Lipinski definition) is 6. The second-order valence-electron chi connectivity index (χ2n) is 19.9. The zero-order chi connectivity index (χ0) is 46.5. The maximum Gasteiger partial charge on any atom is 0.248 e. The highest BCUT2D eigenvalue weighted by Crippen LogP contribution is 2.73. The summed E-state index contributed by atoms with van der Waals surface area (Å²) in [6.45, 7) is 14.8. The van der Waals surface area contributed by atoms with Crippen LogP contribution in [0.5, 0.6) is 17.2 Å². The second-order valence-corrected chi connectivity index (χ2v) is 19.9. The van der Waals surface area contributed by atoms with Crippen LogP contribution in [0.2, 0.25) is 0 Å². The monoisotopic (exact) mass is 899 g/mol. The Balaban J connectivity index is 1.33. The van der Waals surface area contributed by atoms with Crippen LogP contribution in [0.15, 0.2) is 52.3 Å². The van der Waals surface area contributed by atoms with Crippen LogP contribution < -0.4 is 19.5 Å². The highest BCUT2D eigenvalue weighted by Gasteiger charge is 2.86. The molecule has 4 bridgehead atoms. The highest BCUT2D eigenvalue weighted by atomic mass is 16.7. The molecular formula is C48H61N5O12. The number of hydrogen-bond acceptors (Lipinski definition) is 15. The standard InChI is InChI=1S/C48H61N5O12/c1-23(2)10-9-15-46(8)16-14-27-38(63-46)26(12-11-24(3)4)40-31(39(27)62-43-37(58)36(57)35(56)29(21-55)61-43)33-32-34(53-44(52-33)50-22-51-53)28-20-30-45(6,7)65-47(41(28)59,48(30,32)64-40)17-13-25(5)42(60)49-18-19-54/h10-11,13-14,16,22,28-30,32,34-37,43,54-58H,9,12,15,17-21H2,1-8H3,(H,49,60)/t28?,29-,30?,32?,34?,35-,36+,37-,43+,46?,47?,48?/m0/s1. The predicted molar refractivity (Wildman–Crippen MR) is 236 cm³/mol. The van der Waals surface area contributed by atoms with E-state index in [1.165, 1.54) is 11.9 Å². The minimum atomic E-state index is -1.76. The van der Waals surface area contributed by atoms with Crippen LogP contribution in [0.25, 0.3) is 6.08 Å². The lowest BCUT2D eigenvalue weighted by atomic mass is 9.44. The van der Waals surface area contributed by atoms with Crippen molar-refractivity contribution in [2.45, 2.75) is 147 Å². The molecular weight excluding hydrogens is 839 g/mol. The van der Waals surface area contributed by atoms with Crippen LogP contribution in [0.1, 0.15) is 104 Å². The lowest BCUT2D eigenvalue weighted by molar-refractivity contribution is -0.277. The van der Waals surface area contributed by atoms with Crippen molar-refractivity contribution in [3.05, 3.63) is 64.0 Å².